The molecule has 0 bridgehead atoms. The van der Waals surface area contributed by atoms with Gasteiger partial charge in [-0.15, -0.1) is 0 Å². The summed E-state index contributed by atoms with van der Waals surface area (Å²) in [6, 6.07) is 22.5. The highest BCUT2D eigenvalue weighted by atomic mass is 32.1. The van der Waals surface area contributed by atoms with Gasteiger partial charge in [0.05, 0.1) is 24.5 Å². The molecule has 0 saturated carbocycles. The van der Waals surface area contributed by atoms with Crippen LogP contribution in [-0.4, -0.2) is 14.7 Å². The van der Waals surface area contributed by atoms with Crippen molar-refractivity contribution in [1.29, 1.82) is 0 Å². The van der Waals surface area contributed by atoms with Gasteiger partial charge in [0, 0.05) is 23.8 Å². The number of hydrogen-bond acceptors (Lipinski definition) is 3. The summed E-state index contributed by atoms with van der Waals surface area (Å²) in [6.45, 7) is 2.75. The summed E-state index contributed by atoms with van der Waals surface area (Å²) in [5, 5.41) is 4.22. The number of hydrogen-bond donors (Lipinski definition) is 1. The van der Waals surface area contributed by atoms with E-state index in [1.807, 2.05) is 36.5 Å². The smallest absolute Gasteiger partial charge is 0.174 e. The SMILES string of the molecule is Cc1ccc(N2C(=S)N[C@H](c3ccccn3)[C@H]2c2cccn2Cc2ccco2)cc1. The second kappa shape index (κ2) is 7.80. The summed E-state index contributed by atoms with van der Waals surface area (Å²) in [4.78, 5) is 6.82. The molecule has 2 atom stereocenters. The van der Waals surface area contributed by atoms with Crippen molar-refractivity contribution in [2.75, 3.05) is 4.90 Å². The van der Waals surface area contributed by atoms with Crippen LogP contribution in [0.2, 0.25) is 0 Å². The molecule has 5 nitrogen and oxygen atoms in total. The molecular weight excluding hydrogens is 392 g/mol. The van der Waals surface area contributed by atoms with Crippen molar-refractivity contribution in [2.24, 2.45) is 0 Å². The van der Waals surface area contributed by atoms with E-state index in [-0.39, 0.29) is 12.1 Å². The second-order valence-electron chi connectivity index (χ2n) is 7.47. The molecule has 1 saturated heterocycles. The van der Waals surface area contributed by atoms with Crippen LogP contribution in [0.4, 0.5) is 5.69 Å². The van der Waals surface area contributed by atoms with Crippen molar-refractivity contribution in [3.63, 3.8) is 0 Å². The van der Waals surface area contributed by atoms with Crippen LogP contribution in [-0.2, 0) is 6.54 Å². The molecule has 0 radical (unpaired) electrons. The monoisotopic (exact) mass is 414 g/mol. The van der Waals surface area contributed by atoms with Crippen LogP contribution in [0, 0.1) is 6.92 Å². The molecule has 5 rings (SSSR count). The van der Waals surface area contributed by atoms with E-state index in [1.165, 1.54) is 5.56 Å². The lowest BCUT2D eigenvalue weighted by molar-refractivity contribution is 0.475. The Bertz CT molecular complexity index is 1140. The number of nitrogens with one attached hydrogen (secondary N) is 1. The summed E-state index contributed by atoms with van der Waals surface area (Å²) >= 11 is 5.80. The normalized spacial score (nSPS) is 18.6. The zero-order valence-corrected chi connectivity index (χ0v) is 17.4. The summed E-state index contributed by atoms with van der Waals surface area (Å²) in [7, 11) is 0. The van der Waals surface area contributed by atoms with Crippen molar-refractivity contribution in [2.45, 2.75) is 25.6 Å². The van der Waals surface area contributed by atoms with Crippen molar-refractivity contribution in [1.82, 2.24) is 14.9 Å². The minimum Gasteiger partial charge on any atom is -0.467 e. The Morgan fingerprint density at radius 3 is 2.63 bits per heavy atom. The molecule has 30 heavy (non-hydrogen) atoms. The number of nitrogens with zero attached hydrogens (tertiary/aromatic N) is 3. The van der Waals surface area contributed by atoms with Crippen LogP contribution in [0.15, 0.2) is 89.8 Å². The number of aryl methyl sites for hydroxylation is 1. The van der Waals surface area contributed by atoms with Crippen molar-refractivity contribution >= 4 is 23.0 Å². The quantitative estimate of drug-likeness (QED) is 0.465. The Balaban J connectivity index is 1.60. The van der Waals surface area contributed by atoms with E-state index >= 15 is 0 Å². The standard InChI is InChI=1S/C24H22N4OS/c1-17-9-11-18(12-10-17)28-23(22(26-24(28)30)20-7-2-3-13-25-20)21-8-4-14-27(21)16-19-6-5-15-29-19/h2-15,22-23H,16H2,1H3,(H,26,30)/t22-,23-/m1/s1. The van der Waals surface area contributed by atoms with Crippen LogP contribution in [0.3, 0.4) is 0 Å². The molecule has 6 heteroatoms. The van der Waals surface area contributed by atoms with Crippen molar-refractivity contribution in [3.8, 4) is 0 Å². The van der Waals surface area contributed by atoms with Crippen molar-refractivity contribution < 1.29 is 4.42 Å². The molecule has 4 aromatic rings. The largest absolute Gasteiger partial charge is 0.467 e. The Labute approximate surface area is 181 Å². The van der Waals surface area contributed by atoms with E-state index in [2.05, 4.69) is 69.3 Å². The molecule has 3 aromatic heterocycles. The number of furan rings is 1. The molecule has 150 valence electrons. The third-order valence-electron chi connectivity index (χ3n) is 5.48. The number of pyridine rings is 1. The zero-order chi connectivity index (χ0) is 20.5. The van der Waals surface area contributed by atoms with Crippen LogP contribution in [0.1, 0.15) is 34.8 Å². The fourth-order valence-corrected chi connectivity index (χ4v) is 4.39. The lowest BCUT2D eigenvalue weighted by Gasteiger charge is -2.29. The predicted molar refractivity (Wildman–Crippen MR) is 121 cm³/mol. The van der Waals surface area contributed by atoms with E-state index in [4.69, 9.17) is 16.6 Å². The summed E-state index contributed by atoms with van der Waals surface area (Å²) in [5.74, 6) is 0.914. The Morgan fingerprint density at radius 2 is 1.90 bits per heavy atom. The summed E-state index contributed by atoms with van der Waals surface area (Å²) in [5.41, 5.74) is 4.39. The zero-order valence-electron chi connectivity index (χ0n) is 16.6. The first kappa shape index (κ1) is 18.6. The molecule has 0 unspecified atom stereocenters. The number of thiocarbonyl (C=S) groups is 1. The van der Waals surface area contributed by atoms with Crippen LogP contribution >= 0.6 is 12.2 Å². The van der Waals surface area contributed by atoms with Gasteiger partial charge in [-0.2, -0.15) is 0 Å². The van der Waals surface area contributed by atoms with E-state index in [0.717, 1.165) is 22.8 Å². The van der Waals surface area contributed by atoms with Crippen LogP contribution < -0.4 is 10.2 Å². The molecule has 0 amide bonds. The highest BCUT2D eigenvalue weighted by molar-refractivity contribution is 7.80. The third-order valence-corrected chi connectivity index (χ3v) is 5.80. The van der Waals surface area contributed by atoms with Gasteiger partial charge in [0.25, 0.3) is 0 Å². The predicted octanol–water partition coefficient (Wildman–Crippen LogP) is 5.01. The van der Waals surface area contributed by atoms with Gasteiger partial charge in [0.2, 0.25) is 0 Å². The molecule has 1 aliphatic heterocycles. The molecule has 0 spiro atoms. The first-order valence-electron chi connectivity index (χ1n) is 9.95. The first-order chi connectivity index (χ1) is 14.7. The highest BCUT2D eigenvalue weighted by Crippen LogP contribution is 2.41. The molecule has 1 aromatic carbocycles. The lowest BCUT2D eigenvalue weighted by atomic mass is 10.0. The number of benzene rings is 1. The maximum atomic E-state index is 5.80. The summed E-state index contributed by atoms with van der Waals surface area (Å²) in [6.07, 6.45) is 5.62. The second-order valence-corrected chi connectivity index (χ2v) is 7.86. The van der Waals surface area contributed by atoms with Gasteiger partial charge in [-0.1, -0.05) is 23.8 Å². The van der Waals surface area contributed by atoms with Gasteiger partial charge in [-0.3, -0.25) is 4.98 Å². The van der Waals surface area contributed by atoms with Gasteiger partial charge in [0.1, 0.15) is 11.8 Å². The number of anilines is 1. The average Bonchev–Trinajstić information content (AvgIpc) is 3.50. The fraction of sp³-hybridized carbons (Fsp3) is 0.167. The minimum absolute atomic E-state index is 0.0416. The molecule has 4 heterocycles. The van der Waals surface area contributed by atoms with Crippen LogP contribution in [0.25, 0.3) is 0 Å². The molecule has 0 aliphatic carbocycles. The van der Waals surface area contributed by atoms with Gasteiger partial charge in [0.15, 0.2) is 5.11 Å². The van der Waals surface area contributed by atoms with E-state index < -0.39 is 0 Å². The minimum atomic E-state index is -0.0646. The number of rotatable bonds is 5. The van der Waals surface area contributed by atoms with Gasteiger partial charge in [-0.05, 0) is 67.7 Å². The summed E-state index contributed by atoms with van der Waals surface area (Å²) < 4.78 is 7.81. The maximum Gasteiger partial charge on any atom is 0.174 e. The van der Waals surface area contributed by atoms with E-state index in [0.29, 0.717) is 11.7 Å². The third kappa shape index (κ3) is 3.39. The molecule has 1 aliphatic rings. The lowest BCUT2D eigenvalue weighted by Crippen LogP contribution is -2.30. The van der Waals surface area contributed by atoms with Gasteiger partial charge < -0.3 is 19.2 Å². The van der Waals surface area contributed by atoms with Gasteiger partial charge >= 0.3 is 0 Å². The topological polar surface area (TPSA) is 46.2 Å². The fourth-order valence-electron chi connectivity index (χ4n) is 4.05. The molecular formula is C24H22N4OS. The Hall–Kier alpha value is -3.38. The Kier molecular flexibility index (Phi) is 4.85. The first-order valence-corrected chi connectivity index (χ1v) is 10.4. The maximum absolute atomic E-state index is 5.80. The van der Waals surface area contributed by atoms with Gasteiger partial charge in [-0.25, -0.2) is 0 Å². The molecule has 1 fully saturated rings. The molecule has 1 N–H and O–H groups in total. The van der Waals surface area contributed by atoms with Crippen LogP contribution in [0.5, 0.6) is 0 Å². The average molecular weight is 415 g/mol. The Morgan fingerprint density at radius 1 is 1.03 bits per heavy atom. The highest BCUT2D eigenvalue weighted by Gasteiger charge is 2.42. The van der Waals surface area contributed by atoms with E-state index in [9.17, 15) is 0 Å². The van der Waals surface area contributed by atoms with E-state index in [1.54, 1.807) is 6.26 Å². The van der Waals surface area contributed by atoms with Crippen molar-refractivity contribution in [3.05, 3.63) is 108 Å². The number of aromatic nitrogens is 2.